The Balaban J connectivity index is 2.07. The fraction of sp³-hybridized carbons (Fsp3) is 0.333. The van der Waals surface area contributed by atoms with E-state index in [1.807, 2.05) is 12.1 Å². The molecule has 0 saturated carbocycles. The van der Waals surface area contributed by atoms with Crippen LogP contribution in [0.4, 0.5) is 0 Å². The van der Waals surface area contributed by atoms with Crippen molar-refractivity contribution in [3.8, 4) is 0 Å². The maximum atomic E-state index is 12.0. The van der Waals surface area contributed by atoms with E-state index in [4.69, 9.17) is 0 Å². The van der Waals surface area contributed by atoms with Crippen molar-refractivity contribution in [2.24, 2.45) is 5.92 Å². The molecule has 1 aliphatic carbocycles. The Hall–Kier alpha value is -2.30. The molecular formula is C15H17N3O2. The number of H-pyrrole nitrogens is 1. The van der Waals surface area contributed by atoms with Gasteiger partial charge >= 0.3 is 0 Å². The van der Waals surface area contributed by atoms with Crippen LogP contribution >= 0.6 is 0 Å². The summed E-state index contributed by atoms with van der Waals surface area (Å²) in [4.78, 5) is 25.7. The number of aryl methyl sites for hydroxylation is 1. The second-order valence-electron chi connectivity index (χ2n) is 5.37. The van der Waals surface area contributed by atoms with Crippen LogP contribution in [-0.4, -0.2) is 17.3 Å². The highest BCUT2D eigenvalue weighted by Crippen LogP contribution is 2.32. The highest BCUT2D eigenvalue weighted by molar-refractivity contribution is 6.06. The maximum Gasteiger partial charge on any atom is 0.271 e. The van der Waals surface area contributed by atoms with Crippen LogP contribution in [0.2, 0.25) is 0 Å². The molecule has 0 saturated heterocycles. The summed E-state index contributed by atoms with van der Waals surface area (Å²) in [7, 11) is 0. The van der Waals surface area contributed by atoms with Crippen molar-refractivity contribution in [2.45, 2.75) is 26.2 Å². The largest absolute Gasteiger partial charge is 0.358 e. The first-order valence-electron chi connectivity index (χ1n) is 6.82. The topological polar surface area (TPSA) is 74.0 Å². The normalized spacial score (nSPS) is 17.6. The number of rotatable bonds is 3. The summed E-state index contributed by atoms with van der Waals surface area (Å²) in [5.74, 6) is 0.366. The molecule has 0 fully saturated rings. The number of hydrogen-bond acceptors (Lipinski definition) is 2. The van der Waals surface area contributed by atoms with Crippen molar-refractivity contribution in [3.05, 3.63) is 35.0 Å². The molecule has 5 heteroatoms. The number of hydrogen-bond donors (Lipinski definition) is 3. The molecule has 3 N–H and O–H groups in total. The zero-order valence-corrected chi connectivity index (χ0v) is 11.3. The average molecular weight is 271 g/mol. The third-order valence-electron chi connectivity index (χ3n) is 3.96. The highest BCUT2D eigenvalue weighted by Gasteiger charge is 2.22. The minimum absolute atomic E-state index is 0.311. The third-order valence-corrected chi connectivity index (χ3v) is 3.96. The molecule has 0 spiro atoms. The molecule has 2 aromatic rings. The zero-order valence-electron chi connectivity index (χ0n) is 11.3. The molecule has 5 nitrogen and oxygen atoms in total. The number of benzene rings is 1. The van der Waals surface area contributed by atoms with Gasteiger partial charge in [-0.1, -0.05) is 19.1 Å². The lowest BCUT2D eigenvalue weighted by molar-refractivity contribution is -0.110. The number of nitrogens with one attached hydrogen (secondary N) is 3. The highest BCUT2D eigenvalue weighted by atomic mass is 16.2. The molecule has 1 heterocycles. The maximum absolute atomic E-state index is 12.0. The van der Waals surface area contributed by atoms with Crippen molar-refractivity contribution < 1.29 is 9.59 Å². The number of fused-ring (bicyclic) bond motifs is 3. The van der Waals surface area contributed by atoms with Crippen LogP contribution in [0, 0.1) is 5.92 Å². The van der Waals surface area contributed by atoms with Gasteiger partial charge in [-0.25, -0.2) is 0 Å². The molecule has 1 aromatic carbocycles. The van der Waals surface area contributed by atoms with Crippen molar-refractivity contribution >= 4 is 23.2 Å². The summed E-state index contributed by atoms with van der Waals surface area (Å²) in [6.07, 6.45) is 3.69. The van der Waals surface area contributed by atoms with Gasteiger partial charge in [0, 0.05) is 11.1 Å². The van der Waals surface area contributed by atoms with E-state index >= 15 is 0 Å². The van der Waals surface area contributed by atoms with E-state index in [9.17, 15) is 9.59 Å². The Morgan fingerprint density at radius 2 is 2.30 bits per heavy atom. The molecule has 0 aliphatic heterocycles. The summed E-state index contributed by atoms with van der Waals surface area (Å²) in [5.41, 5.74) is 8.52. The van der Waals surface area contributed by atoms with Gasteiger partial charge in [-0.05, 0) is 36.8 Å². The van der Waals surface area contributed by atoms with Gasteiger partial charge in [-0.3, -0.25) is 20.4 Å². The first-order valence-corrected chi connectivity index (χ1v) is 6.82. The van der Waals surface area contributed by atoms with E-state index in [2.05, 4.69) is 22.8 Å². The number of para-hydroxylation sites is 1. The first kappa shape index (κ1) is 12.7. The summed E-state index contributed by atoms with van der Waals surface area (Å²) in [5, 5.41) is 1.12. The second-order valence-corrected chi connectivity index (χ2v) is 5.37. The molecule has 0 bridgehead atoms. The minimum atomic E-state index is -0.311. The van der Waals surface area contributed by atoms with E-state index < -0.39 is 0 Å². The lowest BCUT2D eigenvalue weighted by atomic mass is 9.87. The van der Waals surface area contributed by atoms with Crippen LogP contribution in [0.5, 0.6) is 0 Å². The van der Waals surface area contributed by atoms with E-state index in [0.717, 1.165) is 23.7 Å². The number of carbonyl (C=O) groups excluding carboxylic acids is 2. The monoisotopic (exact) mass is 271 g/mol. The van der Waals surface area contributed by atoms with E-state index in [0.29, 0.717) is 17.9 Å². The van der Waals surface area contributed by atoms with Crippen LogP contribution in [0.25, 0.3) is 10.9 Å². The van der Waals surface area contributed by atoms with Crippen LogP contribution in [0.1, 0.15) is 35.0 Å². The van der Waals surface area contributed by atoms with Gasteiger partial charge in [-0.2, -0.15) is 0 Å². The predicted octanol–water partition coefficient (Wildman–Crippen LogP) is 1.68. The predicted molar refractivity (Wildman–Crippen MR) is 76.2 cm³/mol. The molecule has 1 aromatic heterocycles. The Morgan fingerprint density at radius 1 is 1.45 bits per heavy atom. The molecule has 2 amide bonds. The number of aromatic amines is 1. The molecule has 0 radical (unpaired) electrons. The van der Waals surface area contributed by atoms with Gasteiger partial charge in [0.15, 0.2) is 0 Å². The molecule has 104 valence electrons. The number of aromatic nitrogens is 1. The number of hydrazine groups is 1. The van der Waals surface area contributed by atoms with Crippen molar-refractivity contribution in [3.63, 3.8) is 0 Å². The van der Waals surface area contributed by atoms with Gasteiger partial charge in [0.05, 0.1) is 11.1 Å². The number of carbonyl (C=O) groups is 2. The minimum Gasteiger partial charge on any atom is -0.358 e. The lowest BCUT2D eigenvalue weighted by Gasteiger charge is -2.17. The third kappa shape index (κ3) is 2.05. The van der Waals surface area contributed by atoms with Gasteiger partial charge < -0.3 is 4.98 Å². The molecular weight excluding hydrogens is 254 g/mol. The fourth-order valence-electron chi connectivity index (χ4n) is 2.97. The van der Waals surface area contributed by atoms with Gasteiger partial charge in [-0.15, -0.1) is 0 Å². The van der Waals surface area contributed by atoms with E-state index in [1.165, 1.54) is 17.7 Å². The summed E-state index contributed by atoms with van der Waals surface area (Å²) < 4.78 is 0. The van der Waals surface area contributed by atoms with Crippen molar-refractivity contribution in [1.29, 1.82) is 0 Å². The smallest absolute Gasteiger partial charge is 0.271 e. The molecule has 1 unspecified atom stereocenters. The first-order chi connectivity index (χ1) is 9.70. The lowest BCUT2D eigenvalue weighted by Crippen LogP contribution is -2.36. The van der Waals surface area contributed by atoms with Crippen LogP contribution in [-0.2, 0) is 17.6 Å². The van der Waals surface area contributed by atoms with Gasteiger partial charge in [0.2, 0.25) is 6.41 Å². The quantitative estimate of drug-likeness (QED) is 0.587. The van der Waals surface area contributed by atoms with Crippen LogP contribution < -0.4 is 10.9 Å². The Kier molecular flexibility index (Phi) is 3.18. The Bertz CT molecular complexity index is 675. The average Bonchev–Trinajstić information content (AvgIpc) is 2.82. The van der Waals surface area contributed by atoms with E-state index in [-0.39, 0.29) is 5.91 Å². The summed E-state index contributed by atoms with van der Waals surface area (Å²) >= 11 is 0. The molecule has 1 aliphatic rings. The van der Waals surface area contributed by atoms with Crippen molar-refractivity contribution in [1.82, 2.24) is 15.8 Å². The molecule has 3 rings (SSSR count). The molecule has 1 atom stereocenters. The zero-order chi connectivity index (χ0) is 14.1. The summed E-state index contributed by atoms with van der Waals surface area (Å²) in [6.45, 7) is 2.26. The Labute approximate surface area is 116 Å². The number of amides is 2. The Morgan fingerprint density at radius 3 is 3.10 bits per heavy atom. The standard InChI is InChI=1S/C15H17N3O2/c1-9-5-6-13-12(7-9)10-3-2-4-11(14(10)17-13)15(20)18-16-8-19/h2-4,8-9,17H,5-7H2,1H3,(H,16,19)(H,18,20). The summed E-state index contributed by atoms with van der Waals surface area (Å²) in [6, 6.07) is 5.69. The second kappa shape index (κ2) is 5.00. The van der Waals surface area contributed by atoms with Crippen LogP contribution in [0.3, 0.4) is 0 Å². The van der Waals surface area contributed by atoms with Gasteiger partial charge in [0.1, 0.15) is 0 Å². The molecule has 20 heavy (non-hydrogen) atoms. The van der Waals surface area contributed by atoms with Gasteiger partial charge in [0.25, 0.3) is 5.91 Å². The van der Waals surface area contributed by atoms with Crippen LogP contribution in [0.15, 0.2) is 18.2 Å². The van der Waals surface area contributed by atoms with Crippen molar-refractivity contribution in [2.75, 3.05) is 0 Å². The SMILES string of the molecule is CC1CCc2[nH]c3c(C(=O)NNC=O)cccc3c2C1. The fourth-order valence-corrected chi connectivity index (χ4v) is 2.97. The van der Waals surface area contributed by atoms with E-state index in [1.54, 1.807) is 6.07 Å².